The van der Waals surface area contributed by atoms with E-state index in [0.717, 1.165) is 55.7 Å². The number of ether oxygens (including phenoxy) is 1. The van der Waals surface area contributed by atoms with Crippen LogP contribution in [0.25, 0.3) is 5.82 Å². The average Bonchev–Trinajstić information content (AvgIpc) is 3.07. The first-order valence-electron chi connectivity index (χ1n) is 9.46. The predicted octanol–water partition coefficient (Wildman–Crippen LogP) is 2.00. The van der Waals surface area contributed by atoms with Crippen LogP contribution in [0.15, 0.2) is 36.5 Å². The van der Waals surface area contributed by atoms with E-state index in [2.05, 4.69) is 30.1 Å². The number of hydrogen-bond acceptors (Lipinski definition) is 7. The van der Waals surface area contributed by atoms with E-state index in [4.69, 9.17) is 4.74 Å². The standard InChI is InChI=1S/C20H25N7O/c1-15-12-16(2)27(24-15)19-5-4-18(22-23-19)26-10-8-25(9-11-26)14-17-6-7-21-20(13-17)28-3/h4-7,12-13H,8-11,14H2,1-3H3. The molecule has 8 nitrogen and oxygen atoms in total. The van der Waals surface area contributed by atoms with E-state index in [0.29, 0.717) is 5.88 Å². The molecule has 8 heteroatoms. The van der Waals surface area contributed by atoms with Gasteiger partial charge in [-0.3, -0.25) is 4.90 Å². The van der Waals surface area contributed by atoms with Crippen molar-refractivity contribution in [2.24, 2.45) is 0 Å². The van der Waals surface area contributed by atoms with E-state index >= 15 is 0 Å². The van der Waals surface area contributed by atoms with E-state index in [9.17, 15) is 0 Å². The van der Waals surface area contributed by atoms with Gasteiger partial charge in [-0.15, -0.1) is 10.2 Å². The van der Waals surface area contributed by atoms with Crippen molar-refractivity contribution < 1.29 is 4.74 Å². The molecule has 0 aromatic carbocycles. The Morgan fingerprint density at radius 1 is 0.964 bits per heavy atom. The van der Waals surface area contributed by atoms with Crippen molar-refractivity contribution in [1.29, 1.82) is 0 Å². The van der Waals surface area contributed by atoms with Crippen LogP contribution in [0, 0.1) is 13.8 Å². The Labute approximate surface area is 164 Å². The Bertz CT molecular complexity index is 930. The van der Waals surface area contributed by atoms with Gasteiger partial charge in [-0.2, -0.15) is 5.10 Å². The fourth-order valence-corrected chi connectivity index (χ4v) is 3.51. The zero-order valence-electron chi connectivity index (χ0n) is 16.5. The number of aromatic nitrogens is 5. The molecule has 0 bridgehead atoms. The van der Waals surface area contributed by atoms with Crippen LogP contribution in [0.1, 0.15) is 17.0 Å². The lowest BCUT2D eigenvalue weighted by atomic mass is 10.2. The number of anilines is 1. The second-order valence-corrected chi connectivity index (χ2v) is 7.06. The molecule has 0 radical (unpaired) electrons. The first-order valence-corrected chi connectivity index (χ1v) is 9.46. The van der Waals surface area contributed by atoms with Crippen molar-refractivity contribution in [3.8, 4) is 11.7 Å². The summed E-state index contributed by atoms with van der Waals surface area (Å²) in [5, 5.41) is 13.3. The van der Waals surface area contributed by atoms with Gasteiger partial charge in [0.15, 0.2) is 11.6 Å². The highest BCUT2D eigenvalue weighted by molar-refractivity contribution is 5.40. The predicted molar refractivity (Wildman–Crippen MR) is 107 cm³/mol. The molecule has 1 saturated heterocycles. The molecule has 0 atom stereocenters. The van der Waals surface area contributed by atoms with Crippen molar-refractivity contribution in [3.05, 3.63) is 53.5 Å². The Hall–Kier alpha value is -3.00. The topological polar surface area (TPSA) is 72.2 Å². The lowest BCUT2D eigenvalue weighted by Crippen LogP contribution is -2.46. The molecule has 146 valence electrons. The van der Waals surface area contributed by atoms with Gasteiger partial charge >= 0.3 is 0 Å². The third-order valence-electron chi connectivity index (χ3n) is 4.97. The first kappa shape index (κ1) is 18.4. The summed E-state index contributed by atoms with van der Waals surface area (Å²) >= 11 is 0. The summed E-state index contributed by atoms with van der Waals surface area (Å²) in [4.78, 5) is 8.88. The summed E-state index contributed by atoms with van der Waals surface area (Å²) in [6, 6.07) is 10.1. The molecule has 0 saturated carbocycles. The van der Waals surface area contributed by atoms with Gasteiger partial charge in [0.25, 0.3) is 0 Å². The molecular formula is C20H25N7O. The minimum absolute atomic E-state index is 0.661. The van der Waals surface area contributed by atoms with Gasteiger partial charge in [-0.25, -0.2) is 9.67 Å². The smallest absolute Gasteiger partial charge is 0.213 e. The number of rotatable bonds is 5. The van der Waals surface area contributed by atoms with Gasteiger partial charge in [0.1, 0.15) is 0 Å². The maximum absolute atomic E-state index is 5.21. The summed E-state index contributed by atoms with van der Waals surface area (Å²) in [6.45, 7) is 8.71. The molecule has 0 N–H and O–H groups in total. The second kappa shape index (κ2) is 7.93. The average molecular weight is 379 g/mol. The molecule has 4 rings (SSSR count). The molecule has 28 heavy (non-hydrogen) atoms. The quantitative estimate of drug-likeness (QED) is 0.671. The van der Waals surface area contributed by atoms with Crippen molar-refractivity contribution in [2.45, 2.75) is 20.4 Å². The maximum Gasteiger partial charge on any atom is 0.213 e. The highest BCUT2D eigenvalue weighted by Gasteiger charge is 2.19. The SMILES string of the molecule is COc1cc(CN2CCN(c3ccc(-n4nc(C)cc4C)nn3)CC2)ccn1. The van der Waals surface area contributed by atoms with Gasteiger partial charge in [0, 0.05) is 50.7 Å². The molecule has 0 unspecified atom stereocenters. The van der Waals surface area contributed by atoms with Crippen LogP contribution in [0.5, 0.6) is 5.88 Å². The summed E-state index contributed by atoms with van der Waals surface area (Å²) in [5.41, 5.74) is 3.25. The van der Waals surface area contributed by atoms with Crippen molar-refractivity contribution >= 4 is 5.82 Å². The van der Waals surface area contributed by atoms with Crippen LogP contribution in [-0.2, 0) is 6.54 Å². The number of hydrogen-bond donors (Lipinski definition) is 0. The Morgan fingerprint density at radius 2 is 1.71 bits per heavy atom. The van der Waals surface area contributed by atoms with E-state index in [1.165, 1.54) is 5.56 Å². The number of aryl methyl sites for hydroxylation is 2. The molecule has 1 fully saturated rings. The summed E-state index contributed by atoms with van der Waals surface area (Å²) in [7, 11) is 1.64. The van der Waals surface area contributed by atoms with Crippen molar-refractivity contribution in [2.75, 3.05) is 38.2 Å². The van der Waals surface area contributed by atoms with E-state index in [-0.39, 0.29) is 0 Å². The molecule has 0 aliphatic carbocycles. The first-order chi connectivity index (χ1) is 13.6. The van der Waals surface area contributed by atoms with Gasteiger partial charge < -0.3 is 9.64 Å². The lowest BCUT2D eigenvalue weighted by molar-refractivity contribution is 0.248. The summed E-state index contributed by atoms with van der Waals surface area (Å²) in [6.07, 6.45) is 1.80. The highest BCUT2D eigenvalue weighted by Crippen LogP contribution is 2.17. The number of piperazine rings is 1. The molecule has 4 heterocycles. The molecule has 3 aromatic heterocycles. The normalized spacial score (nSPS) is 15.0. The van der Waals surface area contributed by atoms with Gasteiger partial charge in [0.2, 0.25) is 5.88 Å². The van der Waals surface area contributed by atoms with Crippen LogP contribution in [0.4, 0.5) is 5.82 Å². The molecule has 0 amide bonds. The number of methoxy groups -OCH3 is 1. The maximum atomic E-state index is 5.21. The largest absolute Gasteiger partial charge is 0.481 e. The van der Waals surface area contributed by atoms with Crippen LogP contribution in [-0.4, -0.2) is 63.2 Å². The fourth-order valence-electron chi connectivity index (χ4n) is 3.51. The van der Waals surface area contributed by atoms with E-state index in [1.807, 2.05) is 48.9 Å². The number of pyridine rings is 1. The molecular weight excluding hydrogens is 354 g/mol. The second-order valence-electron chi connectivity index (χ2n) is 7.06. The third-order valence-corrected chi connectivity index (χ3v) is 4.97. The van der Waals surface area contributed by atoms with E-state index in [1.54, 1.807) is 13.3 Å². The Balaban J connectivity index is 1.36. The monoisotopic (exact) mass is 379 g/mol. The summed E-state index contributed by atoms with van der Waals surface area (Å²) in [5.74, 6) is 2.32. The zero-order chi connectivity index (χ0) is 19.5. The molecule has 3 aromatic rings. The molecule has 1 aliphatic rings. The Kier molecular flexibility index (Phi) is 5.21. The zero-order valence-corrected chi connectivity index (χ0v) is 16.5. The molecule has 0 spiro atoms. The van der Waals surface area contributed by atoms with Crippen LogP contribution in [0.3, 0.4) is 0 Å². The van der Waals surface area contributed by atoms with Crippen LogP contribution < -0.4 is 9.64 Å². The van der Waals surface area contributed by atoms with Crippen molar-refractivity contribution in [1.82, 2.24) is 29.9 Å². The van der Waals surface area contributed by atoms with Crippen LogP contribution in [0.2, 0.25) is 0 Å². The minimum atomic E-state index is 0.661. The summed E-state index contributed by atoms with van der Waals surface area (Å²) < 4.78 is 7.04. The van der Waals surface area contributed by atoms with Gasteiger partial charge in [-0.1, -0.05) is 0 Å². The van der Waals surface area contributed by atoms with Crippen molar-refractivity contribution in [3.63, 3.8) is 0 Å². The highest BCUT2D eigenvalue weighted by atomic mass is 16.5. The van der Waals surface area contributed by atoms with E-state index < -0.39 is 0 Å². The Morgan fingerprint density at radius 3 is 2.36 bits per heavy atom. The molecule has 1 aliphatic heterocycles. The van der Waals surface area contributed by atoms with Gasteiger partial charge in [-0.05, 0) is 43.7 Å². The third kappa shape index (κ3) is 3.96. The lowest BCUT2D eigenvalue weighted by Gasteiger charge is -2.35. The fraction of sp³-hybridized carbons (Fsp3) is 0.400. The number of nitrogens with zero attached hydrogens (tertiary/aromatic N) is 7. The van der Waals surface area contributed by atoms with Gasteiger partial charge in [0.05, 0.1) is 12.8 Å². The minimum Gasteiger partial charge on any atom is -0.481 e. The van der Waals surface area contributed by atoms with Crippen LogP contribution >= 0.6 is 0 Å².